The van der Waals surface area contributed by atoms with E-state index in [4.69, 9.17) is 4.74 Å². The van der Waals surface area contributed by atoms with Gasteiger partial charge in [0.05, 0.1) is 7.11 Å². The van der Waals surface area contributed by atoms with Gasteiger partial charge in [-0.25, -0.2) is 0 Å². The van der Waals surface area contributed by atoms with Crippen molar-refractivity contribution in [1.29, 1.82) is 0 Å². The third kappa shape index (κ3) is 5.89. The first-order valence-corrected chi connectivity index (χ1v) is 5.41. The number of rotatable bonds is 2. The number of hydrogen-bond donors (Lipinski definition) is 0. The summed E-state index contributed by atoms with van der Waals surface area (Å²) in [6.45, 7) is 13.6. The first-order chi connectivity index (χ1) is 7.27. The third-order valence-electron chi connectivity index (χ3n) is 1.47. The monoisotopic (exact) mass is 209 g/mol. The van der Waals surface area contributed by atoms with E-state index in [0.717, 1.165) is 17.0 Å². The molecule has 0 aromatic carbocycles. The van der Waals surface area contributed by atoms with Gasteiger partial charge in [-0.05, 0) is 6.92 Å². The average molecular weight is 209 g/mol. The van der Waals surface area contributed by atoms with Crippen molar-refractivity contribution in [2.24, 2.45) is 0 Å². The molecule has 0 radical (unpaired) electrons. The van der Waals surface area contributed by atoms with Crippen molar-refractivity contribution in [2.45, 2.75) is 34.6 Å². The zero-order valence-corrected chi connectivity index (χ0v) is 10.8. The largest absolute Gasteiger partial charge is 0.496 e. The van der Waals surface area contributed by atoms with Crippen LogP contribution in [0, 0.1) is 6.92 Å². The lowest BCUT2D eigenvalue weighted by Crippen LogP contribution is -1.89. The van der Waals surface area contributed by atoms with E-state index >= 15 is 0 Å². The minimum atomic E-state index is 0.826. The summed E-state index contributed by atoms with van der Waals surface area (Å²) in [5, 5.41) is 0. The highest BCUT2D eigenvalue weighted by molar-refractivity contribution is 5.54. The lowest BCUT2D eigenvalue weighted by atomic mass is 10.2. The lowest BCUT2D eigenvalue weighted by Gasteiger charge is -2.03. The maximum Gasteiger partial charge on any atom is 0.129 e. The van der Waals surface area contributed by atoms with Gasteiger partial charge in [0, 0.05) is 23.5 Å². The van der Waals surface area contributed by atoms with E-state index in [1.54, 1.807) is 19.4 Å². The molecule has 1 aromatic heterocycles. The Morgan fingerprint density at radius 2 is 1.80 bits per heavy atom. The Labute approximate surface area is 94.0 Å². The quantitative estimate of drug-likeness (QED) is 0.731. The molecule has 15 heavy (non-hydrogen) atoms. The molecule has 0 saturated heterocycles. The second kappa shape index (κ2) is 10.8. The molecule has 0 aliphatic rings. The number of nitrogens with zero attached hydrogens (tertiary/aromatic N) is 1. The maximum atomic E-state index is 5.11. The molecule has 0 amide bonds. The SMILES string of the molecule is C=Cc1cnc(C)cc1OC.CC.CC. The van der Waals surface area contributed by atoms with Crippen LogP contribution in [0.3, 0.4) is 0 Å². The van der Waals surface area contributed by atoms with E-state index in [0.29, 0.717) is 0 Å². The number of ether oxygens (including phenoxy) is 1. The van der Waals surface area contributed by atoms with Crippen LogP contribution in [0.25, 0.3) is 6.08 Å². The maximum absolute atomic E-state index is 5.11. The van der Waals surface area contributed by atoms with Crippen LogP contribution >= 0.6 is 0 Å². The number of aromatic nitrogens is 1. The van der Waals surface area contributed by atoms with Crippen LogP contribution < -0.4 is 4.74 Å². The number of aryl methyl sites for hydroxylation is 1. The van der Waals surface area contributed by atoms with Crippen LogP contribution in [-0.4, -0.2) is 12.1 Å². The van der Waals surface area contributed by atoms with Gasteiger partial charge in [0.1, 0.15) is 5.75 Å². The Bertz CT molecular complexity index is 269. The molecule has 0 aliphatic carbocycles. The fraction of sp³-hybridized carbons (Fsp3) is 0.462. The zero-order chi connectivity index (χ0) is 12.3. The molecule has 86 valence electrons. The molecule has 1 heterocycles. The van der Waals surface area contributed by atoms with Crippen LogP contribution in [0.5, 0.6) is 5.75 Å². The smallest absolute Gasteiger partial charge is 0.129 e. The van der Waals surface area contributed by atoms with Crippen molar-refractivity contribution in [3.63, 3.8) is 0 Å². The zero-order valence-electron chi connectivity index (χ0n) is 10.8. The molecule has 0 aliphatic heterocycles. The number of pyridine rings is 1. The van der Waals surface area contributed by atoms with Crippen LogP contribution in [0.1, 0.15) is 39.0 Å². The normalized spacial score (nSPS) is 7.60. The molecule has 0 fully saturated rings. The highest BCUT2D eigenvalue weighted by Gasteiger charge is 1.98. The Kier molecular flexibility index (Phi) is 11.6. The predicted molar refractivity (Wildman–Crippen MR) is 68.3 cm³/mol. The van der Waals surface area contributed by atoms with Gasteiger partial charge < -0.3 is 4.74 Å². The van der Waals surface area contributed by atoms with Crippen molar-refractivity contribution in [2.75, 3.05) is 7.11 Å². The van der Waals surface area contributed by atoms with E-state index in [-0.39, 0.29) is 0 Å². The molecule has 0 spiro atoms. The van der Waals surface area contributed by atoms with Crippen molar-refractivity contribution in [3.05, 3.63) is 30.1 Å². The minimum absolute atomic E-state index is 0.826. The molecule has 0 N–H and O–H groups in total. The summed E-state index contributed by atoms with van der Waals surface area (Å²) in [7, 11) is 1.64. The van der Waals surface area contributed by atoms with Crippen molar-refractivity contribution in [1.82, 2.24) is 4.98 Å². The van der Waals surface area contributed by atoms with E-state index < -0.39 is 0 Å². The first-order valence-electron chi connectivity index (χ1n) is 5.41. The van der Waals surface area contributed by atoms with Crippen molar-refractivity contribution < 1.29 is 4.74 Å². The fourth-order valence-electron chi connectivity index (χ4n) is 0.875. The summed E-state index contributed by atoms with van der Waals surface area (Å²) in [6.07, 6.45) is 3.48. The topological polar surface area (TPSA) is 22.1 Å². The standard InChI is InChI=1S/C9H11NO.2C2H6/c1-4-8-6-10-7(2)5-9(8)11-3;2*1-2/h4-6H,1H2,2-3H3;2*1-2H3. The highest BCUT2D eigenvalue weighted by atomic mass is 16.5. The highest BCUT2D eigenvalue weighted by Crippen LogP contribution is 2.18. The lowest BCUT2D eigenvalue weighted by molar-refractivity contribution is 0.413. The second-order valence-electron chi connectivity index (χ2n) is 2.27. The van der Waals surface area contributed by atoms with Gasteiger partial charge in [0.15, 0.2) is 0 Å². The molecule has 0 unspecified atom stereocenters. The van der Waals surface area contributed by atoms with Gasteiger partial charge in [-0.3, -0.25) is 4.98 Å². The van der Waals surface area contributed by atoms with Gasteiger partial charge in [0.25, 0.3) is 0 Å². The Balaban J connectivity index is 0. The van der Waals surface area contributed by atoms with Crippen LogP contribution in [0.4, 0.5) is 0 Å². The van der Waals surface area contributed by atoms with Gasteiger partial charge in [-0.2, -0.15) is 0 Å². The Morgan fingerprint density at radius 3 is 2.20 bits per heavy atom. The van der Waals surface area contributed by atoms with Crippen LogP contribution in [0.2, 0.25) is 0 Å². The van der Waals surface area contributed by atoms with Gasteiger partial charge in [-0.15, -0.1) is 0 Å². The first kappa shape index (κ1) is 16.1. The molecule has 1 aromatic rings. The predicted octanol–water partition coefficient (Wildman–Crippen LogP) is 4.09. The average Bonchev–Trinajstić information content (AvgIpc) is 2.34. The van der Waals surface area contributed by atoms with E-state index in [1.165, 1.54) is 0 Å². The third-order valence-corrected chi connectivity index (χ3v) is 1.47. The number of hydrogen-bond acceptors (Lipinski definition) is 2. The van der Waals surface area contributed by atoms with E-state index in [1.807, 2.05) is 40.7 Å². The molecule has 0 bridgehead atoms. The van der Waals surface area contributed by atoms with E-state index in [9.17, 15) is 0 Å². The molecular weight excluding hydrogens is 186 g/mol. The second-order valence-corrected chi connectivity index (χ2v) is 2.27. The summed E-state index contributed by atoms with van der Waals surface area (Å²) in [4.78, 5) is 4.11. The fourth-order valence-corrected chi connectivity index (χ4v) is 0.875. The van der Waals surface area contributed by atoms with Gasteiger partial charge in [0.2, 0.25) is 0 Å². The molecule has 2 heteroatoms. The minimum Gasteiger partial charge on any atom is -0.496 e. The Morgan fingerprint density at radius 1 is 1.27 bits per heavy atom. The summed E-state index contributed by atoms with van der Waals surface area (Å²) in [6, 6.07) is 1.89. The molecular formula is C13H23NO. The molecule has 0 atom stereocenters. The van der Waals surface area contributed by atoms with Crippen LogP contribution in [0.15, 0.2) is 18.8 Å². The van der Waals surface area contributed by atoms with Crippen molar-refractivity contribution >= 4 is 6.08 Å². The molecule has 2 nitrogen and oxygen atoms in total. The van der Waals surface area contributed by atoms with Gasteiger partial charge >= 0.3 is 0 Å². The van der Waals surface area contributed by atoms with Crippen LogP contribution in [-0.2, 0) is 0 Å². The summed E-state index contributed by atoms with van der Waals surface area (Å²) >= 11 is 0. The van der Waals surface area contributed by atoms with Crippen molar-refractivity contribution in [3.8, 4) is 5.75 Å². The summed E-state index contributed by atoms with van der Waals surface area (Å²) in [5.74, 6) is 0.826. The molecule has 1 rings (SSSR count). The number of methoxy groups -OCH3 is 1. The Hall–Kier alpha value is -1.31. The van der Waals surface area contributed by atoms with E-state index in [2.05, 4.69) is 11.6 Å². The molecule has 0 saturated carbocycles. The van der Waals surface area contributed by atoms with Gasteiger partial charge in [-0.1, -0.05) is 40.3 Å². The summed E-state index contributed by atoms with van der Waals surface area (Å²) in [5.41, 5.74) is 1.88. The summed E-state index contributed by atoms with van der Waals surface area (Å²) < 4.78 is 5.11.